The van der Waals surface area contributed by atoms with E-state index in [1.54, 1.807) is 11.8 Å². The van der Waals surface area contributed by atoms with Crippen molar-refractivity contribution in [1.29, 1.82) is 0 Å². The van der Waals surface area contributed by atoms with E-state index in [-0.39, 0.29) is 0 Å². The summed E-state index contributed by atoms with van der Waals surface area (Å²) < 4.78 is 0. The second-order valence-corrected chi connectivity index (χ2v) is 6.17. The molecule has 0 radical (unpaired) electrons. The zero-order valence-electron chi connectivity index (χ0n) is 12.9. The normalized spacial score (nSPS) is 14.3. The van der Waals surface area contributed by atoms with E-state index in [0.717, 1.165) is 0 Å². The van der Waals surface area contributed by atoms with Crippen LogP contribution >= 0.6 is 11.8 Å². The number of nitrogens with one attached hydrogen (secondary N) is 1. The number of thioether (sulfide) groups is 1. The van der Waals surface area contributed by atoms with Crippen LogP contribution in [0.1, 0.15) is 64.5 Å². The summed E-state index contributed by atoms with van der Waals surface area (Å²) in [5, 5.41) is 3.80. The van der Waals surface area contributed by atoms with Crippen LogP contribution in [0.3, 0.4) is 0 Å². The molecule has 1 rings (SSSR count). The molecule has 2 heteroatoms. The molecule has 1 aromatic carbocycles. The van der Waals surface area contributed by atoms with Crippen LogP contribution in [0.25, 0.3) is 0 Å². The summed E-state index contributed by atoms with van der Waals surface area (Å²) in [6.07, 6.45) is 8.59. The minimum Gasteiger partial charge on any atom is -0.307 e. The summed E-state index contributed by atoms with van der Waals surface area (Å²) in [4.78, 5) is 1.34. The largest absolute Gasteiger partial charge is 0.307 e. The molecule has 0 saturated carbocycles. The van der Waals surface area contributed by atoms with Gasteiger partial charge in [0.25, 0.3) is 0 Å². The molecular weight excluding hydrogens is 250 g/mol. The Balaban J connectivity index is 2.55. The van der Waals surface area contributed by atoms with Gasteiger partial charge in [0.1, 0.15) is 0 Å². The van der Waals surface area contributed by atoms with Crippen molar-refractivity contribution in [3.63, 3.8) is 0 Å². The number of hydrogen-bond donors (Lipinski definition) is 1. The third kappa shape index (κ3) is 6.01. The van der Waals surface area contributed by atoms with E-state index in [9.17, 15) is 0 Å². The summed E-state index contributed by atoms with van der Waals surface area (Å²) in [5.41, 5.74) is 1.40. The van der Waals surface area contributed by atoms with E-state index in [1.807, 2.05) is 0 Å². The molecule has 0 bridgehead atoms. The van der Waals surface area contributed by atoms with Gasteiger partial charge >= 0.3 is 0 Å². The van der Waals surface area contributed by atoms with E-state index in [0.29, 0.717) is 12.1 Å². The lowest BCUT2D eigenvalue weighted by Gasteiger charge is -2.23. The maximum atomic E-state index is 3.80. The third-order valence-electron chi connectivity index (χ3n) is 3.64. The van der Waals surface area contributed by atoms with Crippen LogP contribution < -0.4 is 5.32 Å². The second kappa shape index (κ2) is 9.44. The monoisotopic (exact) mass is 279 g/mol. The van der Waals surface area contributed by atoms with Crippen LogP contribution in [0, 0.1) is 0 Å². The summed E-state index contributed by atoms with van der Waals surface area (Å²) in [5.74, 6) is 0. The molecule has 2 atom stereocenters. The summed E-state index contributed by atoms with van der Waals surface area (Å²) in [7, 11) is 0. The van der Waals surface area contributed by atoms with Crippen molar-refractivity contribution in [2.45, 2.75) is 69.9 Å². The van der Waals surface area contributed by atoms with Gasteiger partial charge in [-0.2, -0.15) is 0 Å². The average molecular weight is 279 g/mol. The molecule has 0 aromatic heterocycles. The van der Waals surface area contributed by atoms with Gasteiger partial charge in [0, 0.05) is 17.0 Å². The molecule has 108 valence electrons. The first kappa shape index (κ1) is 16.6. The van der Waals surface area contributed by atoms with Gasteiger partial charge in [-0.15, -0.1) is 11.8 Å². The smallest absolute Gasteiger partial charge is 0.0294 e. The molecule has 0 spiro atoms. The highest BCUT2D eigenvalue weighted by molar-refractivity contribution is 7.98. The van der Waals surface area contributed by atoms with Crippen molar-refractivity contribution >= 4 is 11.8 Å². The molecule has 0 fully saturated rings. The maximum absolute atomic E-state index is 3.80. The lowest BCUT2D eigenvalue weighted by Crippen LogP contribution is -2.31. The SMILES string of the molecule is CCCCC(CCC)NC(C)c1ccc(SC)cc1. The van der Waals surface area contributed by atoms with E-state index in [2.05, 4.69) is 56.6 Å². The molecule has 0 aliphatic carbocycles. The predicted octanol–water partition coefficient (Wildman–Crippen LogP) is 5.42. The Labute approximate surface area is 123 Å². The van der Waals surface area contributed by atoms with Gasteiger partial charge in [0.05, 0.1) is 0 Å². The Bertz CT molecular complexity index is 334. The zero-order chi connectivity index (χ0) is 14.1. The van der Waals surface area contributed by atoms with Crippen molar-refractivity contribution in [1.82, 2.24) is 5.32 Å². The molecule has 19 heavy (non-hydrogen) atoms. The fourth-order valence-corrected chi connectivity index (χ4v) is 2.86. The van der Waals surface area contributed by atoms with Gasteiger partial charge in [0.15, 0.2) is 0 Å². The minimum atomic E-state index is 0.448. The highest BCUT2D eigenvalue weighted by Crippen LogP contribution is 2.20. The highest BCUT2D eigenvalue weighted by Gasteiger charge is 2.12. The molecule has 2 unspecified atom stereocenters. The first-order chi connectivity index (χ1) is 9.21. The van der Waals surface area contributed by atoms with Crippen molar-refractivity contribution in [3.05, 3.63) is 29.8 Å². The topological polar surface area (TPSA) is 12.0 Å². The van der Waals surface area contributed by atoms with E-state index < -0.39 is 0 Å². The van der Waals surface area contributed by atoms with Gasteiger partial charge in [-0.1, -0.05) is 45.2 Å². The van der Waals surface area contributed by atoms with Crippen molar-refractivity contribution in [3.8, 4) is 0 Å². The van der Waals surface area contributed by atoms with Crippen LogP contribution in [0.5, 0.6) is 0 Å². The van der Waals surface area contributed by atoms with E-state index >= 15 is 0 Å². The lowest BCUT2D eigenvalue weighted by molar-refractivity contribution is 0.396. The minimum absolute atomic E-state index is 0.448. The second-order valence-electron chi connectivity index (χ2n) is 5.29. The van der Waals surface area contributed by atoms with Gasteiger partial charge in [-0.25, -0.2) is 0 Å². The van der Waals surface area contributed by atoms with Gasteiger partial charge in [0.2, 0.25) is 0 Å². The fraction of sp³-hybridized carbons (Fsp3) is 0.647. The Morgan fingerprint density at radius 1 is 1.05 bits per heavy atom. The first-order valence-electron chi connectivity index (χ1n) is 7.61. The molecule has 0 saturated heterocycles. The van der Waals surface area contributed by atoms with Crippen LogP contribution in [-0.4, -0.2) is 12.3 Å². The quantitative estimate of drug-likeness (QED) is 0.606. The van der Waals surface area contributed by atoms with E-state index in [4.69, 9.17) is 0 Å². The average Bonchev–Trinajstić information content (AvgIpc) is 2.45. The molecule has 0 aliphatic heterocycles. The van der Waals surface area contributed by atoms with E-state index in [1.165, 1.54) is 42.6 Å². The lowest BCUT2D eigenvalue weighted by atomic mass is 10.0. The number of rotatable bonds is 9. The Hall–Kier alpha value is -0.470. The third-order valence-corrected chi connectivity index (χ3v) is 4.39. The van der Waals surface area contributed by atoms with Crippen molar-refractivity contribution < 1.29 is 0 Å². The Morgan fingerprint density at radius 2 is 1.74 bits per heavy atom. The van der Waals surface area contributed by atoms with Crippen LogP contribution in [-0.2, 0) is 0 Å². The molecule has 1 N–H and O–H groups in total. The van der Waals surface area contributed by atoms with Gasteiger partial charge in [-0.05, 0) is 43.7 Å². The molecule has 0 amide bonds. The van der Waals surface area contributed by atoms with Crippen LogP contribution in [0.4, 0.5) is 0 Å². The first-order valence-corrected chi connectivity index (χ1v) is 8.83. The van der Waals surface area contributed by atoms with Gasteiger partial charge in [-0.3, -0.25) is 0 Å². The Morgan fingerprint density at radius 3 is 2.26 bits per heavy atom. The fourth-order valence-electron chi connectivity index (χ4n) is 2.45. The summed E-state index contributed by atoms with van der Waals surface area (Å²) >= 11 is 1.80. The maximum Gasteiger partial charge on any atom is 0.0294 e. The molecule has 0 aliphatic rings. The molecule has 0 heterocycles. The number of benzene rings is 1. The van der Waals surface area contributed by atoms with Gasteiger partial charge < -0.3 is 5.32 Å². The van der Waals surface area contributed by atoms with Crippen molar-refractivity contribution in [2.24, 2.45) is 0 Å². The van der Waals surface area contributed by atoms with Crippen LogP contribution in [0.2, 0.25) is 0 Å². The standard InChI is InChI=1S/C17H29NS/c1-5-7-9-16(8-6-2)18-14(3)15-10-12-17(19-4)13-11-15/h10-14,16,18H,5-9H2,1-4H3. The molecular formula is C17H29NS. The van der Waals surface area contributed by atoms with Crippen molar-refractivity contribution in [2.75, 3.05) is 6.26 Å². The number of hydrogen-bond acceptors (Lipinski definition) is 2. The predicted molar refractivity (Wildman–Crippen MR) is 88.0 cm³/mol. The number of unbranched alkanes of at least 4 members (excludes halogenated alkanes) is 1. The Kier molecular flexibility index (Phi) is 8.24. The summed E-state index contributed by atoms with van der Waals surface area (Å²) in [6.45, 7) is 6.83. The van der Waals surface area contributed by atoms with Crippen LogP contribution in [0.15, 0.2) is 29.2 Å². The molecule has 1 aromatic rings. The summed E-state index contributed by atoms with van der Waals surface area (Å²) in [6, 6.07) is 10.1. The molecule has 1 nitrogen and oxygen atoms in total. The highest BCUT2D eigenvalue weighted by atomic mass is 32.2. The zero-order valence-corrected chi connectivity index (χ0v) is 13.7.